The Hall–Kier alpha value is -2.54. The monoisotopic (exact) mass is 399 g/mol. The molecule has 0 spiro atoms. The Morgan fingerprint density at radius 1 is 1.17 bits per heavy atom. The summed E-state index contributed by atoms with van der Waals surface area (Å²) in [6.45, 7) is 7.05. The molecule has 2 aromatic rings. The number of amides is 2. The number of aromatic nitrogens is 2. The van der Waals surface area contributed by atoms with Gasteiger partial charge in [-0.25, -0.2) is 4.79 Å². The first kappa shape index (κ1) is 21.2. The van der Waals surface area contributed by atoms with E-state index in [0.29, 0.717) is 13.1 Å². The van der Waals surface area contributed by atoms with E-state index in [1.807, 2.05) is 62.3 Å². The molecule has 1 aliphatic heterocycles. The number of aryl methyl sites for hydroxylation is 1. The van der Waals surface area contributed by atoms with Crippen molar-refractivity contribution in [1.82, 2.24) is 24.9 Å². The number of carbonyl (C=O) groups is 1. The first-order valence-corrected chi connectivity index (χ1v) is 10.4. The van der Waals surface area contributed by atoms with Gasteiger partial charge < -0.3 is 19.9 Å². The molecule has 158 valence electrons. The maximum absolute atomic E-state index is 13.1. The first-order valence-electron chi connectivity index (χ1n) is 10.4. The SMILES string of the molecule is CC(C)Oc1ccc(CN(Cc2ccn(C)n2)C(=O)NC2CCN(C)CC2)cc1. The summed E-state index contributed by atoms with van der Waals surface area (Å²) in [5, 5.41) is 7.67. The third-order valence-electron chi connectivity index (χ3n) is 5.12. The molecule has 0 unspecified atom stereocenters. The molecule has 7 nitrogen and oxygen atoms in total. The van der Waals surface area contributed by atoms with Gasteiger partial charge in [0.1, 0.15) is 5.75 Å². The number of benzene rings is 1. The molecule has 0 saturated carbocycles. The molecule has 0 atom stereocenters. The lowest BCUT2D eigenvalue weighted by molar-refractivity contribution is 0.175. The van der Waals surface area contributed by atoms with E-state index in [0.717, 1.165) is 42.9 Å². The van der Waals surface area contributed by atoms with Gasteiger partial charge in [0.25, 0.3) is 0 Å². The van der Waals surface area contributed by atoms with Gasteiger partial charge in [-0.1, -0.05) is 12.1 Å². The van der Waals surface area contributed by atoms with Crippen molar-refractivity contribution < 1.29 is 9.53 Å². The van der Waals surface area contributed by atoms with E-state index in [2.05, 4.69) is 22.4 Å². The number of piperidine rings is 1. The molecule has 1 aromatic carbocycles. The average Bonchev–Trinajstić information content (AvgIpc) is 3.09. The molecule has 1 saturated heterocycles. The second kappa shape index (κ2) is 9.78. The second-order valence-electron chi connectivity index (χ2n) is 8.17. The average molecular weight is 400 g/mol. The number of carbonyl (C=O) groups excluding carboxylic acids is 1. The fourth-order valence-corrected chi connectivity index (χ4v) is 3.53. The molecule has 0 bridgehead atoms. The molecule has 3 rings (SSSR count). The van der Waals surface area contributed by atoms with Gasteiger partial charge in [-0.3, -0.25) is 4.68 Å². The van der Waals surface area contributed by atoms with Crippen LogP contribution in [0.1, 0.15) is 37.9 Å². The van der Waals surface area contributed by atoms with Crippen LogP contribution in [0.15, 0.2) is 36.5 Å². The quantitative estimate of drug-likeness (QED) is 0.777. The lowest BCUT2D eigenvalue weighted by Crippen LogP contribution is -2.48. The third kappa shape index (κ3) is 6.49. The van der Waals surface area contributed by atoms with Gasteiger partial charge in [-0.15, -0.1) is 0 Å². The Morgan fingerprint density at radius 2 is 1.86 bits per heavy atom. The number of urea groups is 1. The third-order valence-corrected chi connectivity index (χ3v) is 5.12. The first-order chi connectivity index (χ1) is 13.9. The zero-order chi connectivity index (χ0) is 20.8. The summed E-state index contributed by atoms with van der Waals surface area (Å²) < 4.78 is 7.48. The highest BCUT2D eigenvalue weighted by Crippen LogP contribution is 2.17. The summed E-state index contributed by atoms with van der Waals surface area (Å²) in [6, 6.07) is 10.1. The number of likely N-dealkylation sites (tertiary alicyclic amines) is 1. The molecular weight excluding hydrogens is 366 g/mol. The lowest BCUT2D eigenvalue weighted by atomic mass is 10.1. The molecule has 2 heterocycles. The van der Waals surface area contributed by atoms with Crippen molar-refractivity contribution in [3.63, 3.8) is 0 Å². The van der Waals surface area contributed by atoms with Crippen LogP contribution < -0.4 is 10.1 Å². The minimum atomic E-state index is -0.0345. The van der Waals surface area contributed by atoms with Crippen molar-refractivity contribution in [2.24, 2.45) is 7.05 Å². The summed E-state index contributed by atoms with van der Waals surface area (Å²) in [4.78, 5) is 17.2. The van der Waals surface area contributed by atoms with Crippen molar-refractivity contribution in [2.45, 2.75) is 51.9 Å². The van der Waals surface area contributed by atoms with Crippen molar-refractivity contribution in [3.05, 3.63) is 47.8 Å². The summed E-state index contributed by atoms with van der Waals surface area (Å²) >= 11 is 0. The maximum Gasteiger partial charge on any atom is 0.318 e. The van der Waals surface area contributed by atoms with Crippen LogP contribution in [0.25, 0.3) is 0 Å². The summed E-state index contributed by atoms with van der Waals surface area (Å²) in [5.74, 6) is 0.843. The van der Waals surface area contributed by atoms with E-state index >= 15 is 0 Å². The largest absolute Gasteiger partial charge is 0.491 e. The molecule has 29 heavy (non-hydrogen) atoms. The van der Waals surface area contributed by atoms with Crippen LogP contribution in [0, 0.1) is 0 Å². The van der Waals surface area contributed by atoms with Crippen LogP contribution in [0.2, 0.25) is 0 Å². The van der Waals surface area contributed by atoms with Crippen LogP contribution in [0.3, 0.4) is 0 Å². The van der Waals surface area contributed by atoms with Crippen molar-refractivity contribution in [2.75, 3.05) is 20.1 Å². The second-order valence-corrected chi connectivity index (χ2v) is 8.17. The Morgan fingerprint density at radius 3 is 2.45 bits per heavy atom. The Balaban J connectivity index is 1.67. The predicted octanol–water partition coefficient (Wildman–Crippen LogP) is 3.01. The molecule has 7 heteroatoms. The standard InChI is InChI=1S/C22H33N5O2/c1-17(2)29-21-7-5-18(6-8-21)15-27(16-20-11-14-26(4)24-20)22(28)23-19-9-12-25(3)13-10-19/h5-8,11,14,17,19H,9-10,12-13,15-16H2,1-4H3,(H,23,28). The normalized spacial score (nSPS) is 15.5. The number of hydrogen-bond donors (Lipinski definition) is 1. The van der Waals surface area contributed by atoms with Gasteiger partial charge in [-0.2, -0.15) is 5.10 Å². The fraction of sp³-hybridized carbons (Fsp3) is 0.545. The van der Waals surface area contributed by atoms with E-state index in [9.17, 15) is 4.79 Å². The Bertz CT molecular complexity index is 779. The van der Waals surface area contributed by atoms with E-state index in [4.69, 9.17) is 4.74 Å². The predicted molar refractivity (Wildman–Crippen MR) is 114 cm³/mol. The highest BCUT2D eigenvalue weighted by Gasteiger charge is 2.22. The van der Waals surface area contributed by atoms with Crippen LogP contribution in [-0.4, -0.2) is 57.9 Å². The summed E-state index contributed by atoms with van der Waals surface area (Å²) in [5.41, 5.74) is 1.95. The highest BCUT2D eigenvalue weighted by atomic mass is 16.5. The molecule has 2 amide bonds. The fourth-order valence-electron chi connectivity index (χ4n) is 3.53. The maximum atomic E-state index is 13.1. The molecule has 1 aromatic heterocycles. The van der Waals surface area contributed by atoms with E-state index in [-0.39, 0.29) is 18.2 Å². The van der Waals surface area contributed by atoms with E-state index < -0.39 is 0 Å². The van der Waals surface area contributed by atoms with E-state index in [1.165, 1.54) is 0 Å². The van der Waals surface area contributed by atoms with Gasteiger partial charge in [0.2, 0.25) is 0 Å². The van der Waals surface area contributed by atoms with Gasteiger partial charge >= 0.3 is 6.03 Å². The lowest BCUT2D eigenvalue weighted by Gasteiger charge is -2.31. The van der Waals surface area contributed by atoms with Crippen molar-refractivity contribution in [3.8, 4) is 5.75 Å². The molecule has 1 fully saturated rings. The topological polar surface area (TPSA) is 62.6 Å². The Labute approximate surface area is 173 Å². The number of hydrogen-bond acceptors (Lipinski definition) is 4. The number of nitrogens with zero attached hydrogens (tertiary/aromatic N) is 4. The number of nitrogens with one attached hydrogen (secondary N) is 1. The molecule has 0 radical (unpaired) electrons. The van der Waals surface area contributed by atoms with Crippen LogP contribution in [0.4, 0.5) is 4.79 Å². The molecule has 1 aliphatic rings. The number of rotatable bonds is 7. The van der Waals surface area contributed by atoms with Crippen LogP contribution >= 0.6 is 0 Å². The van der Waals surface area contributed by atoms with Gasteiger partial charge in [-0.05, 0) is 70.6 Å². The zero-order valence-electron chi connectivity index (χ0n) is 18.0. The van der Waals surface area contributed by atoms with Gasteiger partial charge in [0.05, 0.1) is 18.3 Å². The van der Waals surface area contributed by atoms with Crippen molar-refractivity contribution >= 4 is 6.03 Å². The van der Waals surface area contributed by atoms with E-state index in [1.54, 1.807) is 4.68 Å². The smallest absolute Gasteiger partial charge is 0.318 e. The minimum Gasteiger partial charge on any atom is -0.491 e. The summed E-state index contributed by atoms with van der Waals surface area (Å²) in [7, 11) is 4.01. The highest BCUT2D eigenvalue weighted by molar-refractivity contribution is 5.74. The van der Waals surface area contributed by atoms with Crippen LogP contribution in [0.5, 0.6) is 5.75 Å². The minimum absolute atomic E-state index is 0.0345. The summed E-state index contributed by atoms with van der Waals surface area (Å²) in [6.07, 6.45) is 4.02. The molecular formula is C22H33N5O2. The van der Waals surface area contributed by atoms with Crippen LogP contribution in [-0.2, 0) is 20.1 Å². The van der Waals surface area contributed by atoms with Crippen molar-refractivity contribution in [1.29, 1.82) is 0 Å². The zero-order valence-corrected chi connectivity index (χ0v) is 18.0. The molecule has 1 N–H and O–H groups in total. The molecule has 0 aliphatic carbocycles. The van der Waals surface area contributed by atoms with Gasteiger partial charge in [0.15, 0.2) is 0 Å². The Kier molecular flexibility index (Phi) is 7.14. The van der Waals surface area contributed by atoms with Gasteiger partial charge in [0, 0.05) is 25.8 Å². The number of ether oxygens (including phenoxy) is 1.